The van der Waals surface area contributed by atoms with Crippen LogP contribution in [0.15, 0.2) is 53.4 Å². The summed E-state index contributed by atoms with van der Waals surface area (Å²) in [5.74, 6) is 0.381. The number of nitrogens with one attached hydrogen (secondary N) is 1. The molecular weight excluding hydrogens is 400 g/mol. The Balaban J connectivity index is 1.78. The summed E-state index contributed by atoms with van der Waals surface area (Å²) in [5, 5.41) is 3.28. The first kappa shape index (κ1) is 20.6. The van der Waals surface area contributed by atoms with E-state index in [1.807, 2.05) is 6.92 Å². The summed E-state index contributed by atoms with van der Waals surface area (Å²) < 4.78 is 32.8. The van der Waals surface area contributed by atoms with Crippen molar-refractivity contribution in [1.82, 2.24) is 4.31 Å². The van der Waals surface area contributed by atoms with Crippen LogP contribution in [0.4, 0.5) is 5.69 Å². The molecule has 3 rings (SSSR count). The zero-order valence-electron chi connectivity index (χ0n) is 15.6. The van der Waals surface area contributed by atoms with E-state index in [1.165, 1.54) is 28.6 Å². The van der Waals surface area contributed by atoms with E-state index in [0.717, 1.165) is 12.8 Å². The molecule has 150 valence electrons. The molecule has 1 saturated heterocycles. The van der Waals surface area contributed by atoms with E-state index in [-0.39, 0.29) is 10.8 Å². The van der Waals surface area contributed by atoms with Crippen LogP contribution in [0.2, 0.25) is 5.02 Å². The average molecular weight is 423 g/mol. The molecule has 0 radical (unpaired) electrons. The number of rotatable bonds is 6. The van der Waals surface area contributed by atoms with Gasteiger partial charge >= 0.3 is 0 Å². The maximum Gasteiger partial charge on any atom is 0.243 e. The number of anilines is 1. The zero-order chi connectivity index (χ0) is 20.1. The Labute approximate surface area is 170 Å². The van der Waals surface area contributed by atoms with Gasteiger partial charge in [-0.05, 0) is 68.3 Å². The summed E-state index contributed by atoms with van der Waals surface area (Å²) in [7, 11) is -3.79. The summed E-state index contributed by atoms with van der Waals surface area (Å²) in [6.07, 6.45) is 2.00. The van der Waals surface area contributed by atoms with E-state index < -0.39 is 16.1 Å². The van der Waals surface area contributed by atoms with Crippen molar-refractivity contribution in [2.45, 2.75) is 37.1 Å². The van der Waals surface area contributed by atoms with Gasteiger partial charge in [-0.3, -0.25) is 4.79 Å². The van der Waals surface area contributed by atoms with Crippen molar-refractivity contribution in [2.24, 2.45) is 0 Å². The fraction of sp³-hybridized carbons (Fsp3) is 0.350. The van der Waals surface area contributed by atoms with Crippen LogP contribution in [-0.2, 0) is 14.8 Å². The fourth-order valence-corrected chi connectivity index (χ4v) is 5.01. The molecule has 1 aliphatic heterocycles. The second-order valence-electron chi connectivity index (χ2n) is 6.53. The maximum absolute atomic E-state index is 13.1. The first-order valence-electron chi connectivity index (χ1n) is 9.23. The molecule has 1 aliphatic rings. The van der Waals surface area contributed by atoms with Crippen LogP contribution in [0.5, 0.6) is 5.75 Å². The molecule has 0 aliphatic carbocycles. The molecule has 0 unspecified atom stereocenters. The van der Waals surface area contributed by atoms with E-state index in [9.17, 15) is 13.2 Å². The quantitative estimate of drug-likeness (QED) is 0.765. The largest absolute Gasteiger partial charge is 0.494 e. The van der Waals surface area contributed by atoms with Crippen LogP contribution < -0.4 is 10.1 Å². The third-order valence-corrected chi connectivity index (χ3v) is 6.78. The number of carbonyl (C=O) groups is 1. The zero-order valence-corrected chi connectivity index (χ0v) is 17.2. The van der Waals surface area contributed by atoms with Gasteiger partial charge in [-0.25, -0.2) is 8.42 Å². The van der Waals surface area contributed by atoms with Crippen LogP contribution in [0, 0.1) is 0 Å². The molecule has 2 aromatic carbocycles. The minimum atomic E-state index is -3.79. The van der Waals surface area contributed by atoms with Crippen molar-refractivity contribution in [3.8, 4) is 5.75 Å². The molecule has 1 atom stereocenters. The summed E-state index contributed by atoms with van der Waals surface area (Å²) in [4.78, 5) is 13.0. The van der Waals surface area contributed by atoms with Gasteiger partial charge in [0.1, 0.15) is 11.8 Å². The van der Waals surface area contributed by atoms with Gasteiger partial charge in [0.2, 0.25) is 15.9 Å². The van der Waals surface area contributed by atoms with Crippen molar-refractivity contribution >= 4 is 33.2 Å². The first-order chi connectivity index (χ1) is 13.4. The molecule has 0 spiro atoms. The van der Waals surface area contributed by atoms with E-state index in [4.69, 9.17) is 16.3 Å². The SMILES string of the molecule is CCOc1ccc(NC(=O)[C@@H]2CCCCN2S(=O)(=O)c2ccc(Cl)cc2)cc1. The average Bonchev–Trinajstić information content (AvgIpc) is 2.70. The topological polar surface area (TPSA) is 75.7 Å². The summed E-state index contributed by atoms with van der Waals surface area (Å²) in [6, 6.07) is 12.3. The molecule has 0 saturated carbocycles. The predicted molar refractivity (Wildman–Crippen MR) is 109 cm³/mol. The molecule has 8 heteroatoms. The highest BCUT2D eigenvalue weighted by molar-refractivity contribution is 7.89. The van der Waals surface area contributed by atoms with Gasteiger partial charge in [0.15, 0.2) is 0 Å². The van der Waals surface area contributed by atoms with Gasteiger partial charge in [-0.15, -0.1) is 0 Å². The monoisotopic (exact) mass is 422 g/mol. The van der Waals surface area contributed by atoms with Crippen LogP contribution in [0.3, 0.4) is 0 Å². The highest BCUT2D eigenvalue weighted by Crippen LogP contribution is 2.27. The number of nitrogens with zero attached hydrogens (tertiary/aromatic N) is 1. The maximum atomic E-state index is 13.1. The van der Waals surface area contributed by atoms with Gasteiger partial charge in [0, 0.05) is 17.3 Å². The van der Waals surface area contributed by atoms with Crippen LogP contribution in [-0.4, -0.2) is 37.8 Å². The Bertz CT molecular complexity index is 914. The van der Waals surface area contributed by atoms with Crippen molar-refractivity contribution in [2.75, 3.05) is 18.5 Å². The molecule has 1 heterocycles. The van der Waals surface area contributed by atoms with Crippen molar-refractivity contribution in [1.29, 1.82) is 0 Å². The first-order valence-corrected chi connectivity index (χ1v) is 11.0. The van der Waals surface area contributed by atoms with Crippen LogP contribution in [0.25, 0.3) is 0 Å². The Hall–Kier alpha value is -2.09. The Morgan fingerprint density at radius 2 is 1.82 bits per heavy atom. The minimum absolute atomic E-state index is 0.137. The highest BCUT2D eigenvalue weighted by Gasteiger charge is 2.37. The summed E-state index contributed by atoms with van der Waals surface area (Å²) >= 11 is 5.87. The van der Waals surface area contributed by atoms with E-state index in [2.05, 4.69) is 5.32 Å². The Kier molecular flexibility index (Phi) is 6.59. The molecule has 2 aromatic rings. The van der Waals surface area contributed by atoms with E-state index >= 15 is 0 Å². The van der Waals surface area contributed by atoms with Crippen molar-refractivity contribution in [3.05, 3.63) is 53.6 Å². The second-order valence-corrected chi connectivity index (χ2v) is 8.85. The molecule has 0 bridgehead atoms. The smallest absolute Gasteiger partial charge is 0.243 e. The van der Waals surface area contributed by atoms with Gasteiger partial charge in [0.05, 0.1) is 11.5 Å². The second kappa shape index (κ2) is 8.94. The molecule has 1 N–H and O–H groups in total. The lowest BCUT2D eigenvalue weighted by Crippen LogP contribution is -2.49. The minimum Gasteiger partial charge on any atom is -0.494 e. The lowest BCUT2D eigenvalue weighted by molar-refractivity contribution is -0.120. The lowest BCUT2D eigenvalue weighted by atomic mass is 10.0. The number of amides is 1. The Morgan fingerprint density at radius 1 is 1.14 bits per heavy atom. The number of carbonyl (C=O) groups excluding carboxylic acids is 1. The molecule has 28 heavy (non-hydrogen) atoms. The Morgan fingerprint density at radius 3 is 2.46 bits per heavy atom. The highest BCUT2D eigenvalue weighted by atomic mass is 35.5. The van der Waals surface area contributed by atoms with Crippen LogP contribution >= 0.6 is 11.6 Å². The molecule has 0 aromatic heterocycles. The number of benzene rings is 2. The number of sulfonamides is 1. The summed E-state index contributed by atoms with van der Waals surface area (Å²) in [6.45, 7) is 2.77. The molecule has 1 amide bonds. The summed E-state index contributed by atoms with van der Waals surface area (Å²) in [5.41, 5.74) is 0.600. The third-order valence-electron chi connectivity index (χ3n) is 4.61. The van der Waals surface area contributed by atoms with Gasteiger partial charge in [0.25, 0.3) is 0 Å². The third kappa shape index (κ3) is 4.66. The van der Waals surface area contributed by atoms with Gasteiger partial charge in [-0.2, -0.15) is 4.31 Å². The van der Waals surface area contributed by atoms with Crippen molar-refractivity contribution in [3.63, 3.8) is 0 Å². The van der Waals surface area contributed by atoms with Crippen molar-refractivity contribution < 1.29 is 17.9 Å². The van der Waals surface area contributed by atoms with E-state index in [1.54, 1.807) is 24.3 Å². The fourth-order valence-electron chi connectivity index (χ4n) is 3.22. The van der Waals surface area contributed by atoms with E-state index in [0.29, 0.717) is 36.0 Å². The predicted octanol–water partition coefficient (Wildman–Crippen LogP) is 3.92. The number of hydrogen-bond donors (Lipinski definition) is 1. The van der Waals surface area contributed by atoms with Gasteiger partial charge < -0.3 is 10.1 Å². The number of piperidine rings is 1. The molecule has 1 fully saturated rings. The molecule has 6 nitrogen and oxygen atoms in total. The van der Waals surface area contributed by atoms with Gasteiger partial charge in [-0.1, -0.05) is 18.0 Å². The van der Waals surface area contributed by atoms with Crippen LogP contribution in [0.1, 0.15) is 26.2 Å². The standard InChI is InChI=1S/C20H23ClN2O4S/c1-2-27-17-10-8-16(9-11-17)22-20(24)19-5-3-4-14-23(19)28(25,26)18-12-6-15(21)7-13-18/h6-13,19H,2-5,14H2,1H3,(H,22,24)/t19-/m0/s1. The number of ether oxygens (including phenoxy) is 1. The molecular formula is C20H23ClN2O4S. The normalized spacial score (nSPS) is 17.9. The number of halogens is 1. The number of hydrogen-bond acceptors (Lipinski definition) is 4. The lowest BCUT2D eigenvalue weighted by Gasteiger charge is -2.33.